The van der Waals surface area contributed by atoms with Crippen molar-refractivity contribution in [2.45, 2.75) is 32.0 Å². The van der Waals surface area contributed by atoms with Crippen LogP contribution >= 0.6 is 11.6 Å². The molecule has 0 fully saturated rings. The summed E-state index contributed by atoms with van der Waals surface area (Å²) in [5, 5.41) is 12.6. The fraction of sp³-hybridized carbons (Fsp3) is 0.212. The van der Waals surface area contributed by atoms with Crippen molar-refractivity contribution in [2.24, 2.45) is 0 Å². The molecule has 0 aliphatic carbocycles. The number of hydrogen-bond donors (Lipinski definition) is 2. The summed E-state index contributed by atoms with van der Waals surface area (Å²) in [6, 6.07) is 16.6. The van der Waals surface area contributed by atoms with Crippen molar-refractivity contribution < 1.29 is 27.5 Å². The first-order valence-corrected chi connectivity index (χ1v) is 15.0. The second-order valence-electron chi connectivity index (χ2n) is 10.6. The van der Waals surface area contributed by atoms with E-state index in [1.165, 1.54) is 60.5 Å². The number of carbonyl (C=O) groups is 2. The number of pyridine rings is 2. The fourth-order valence-electron chi connectivity index (χ4n) is 4.89. The summed E-state index contributed by atoms with van der Waals surface area (Å²) in [6.07, 6.45) is -0.421. The fourth-order valence-corrected chi connectivity index (χ4v) is 5.06. The molecule has 1 atom stereocenters. The molecule has 0 radical (unpaired) electrons. The molecule has 0 aliphatic rings. The number of methoxy groups -OCH3 is 1. The number of nitrogens with one attached hydrogen (secondary N) is 2. The average Bonchev–Trinajstić information content (AvgIpc) is 3.58. The predicted octanol–water partition coefficient (Wildman–Crippen LogP) is 5.73. The maximum atomic E-state index is 13.8. The summed E-state index contributed by atoms with van der Waals surface area (Å²) in [6.45, 7) is 2.42. The summed E-state index contributed by atoms with van der Waals surface area (Å²) in [5.41, 5.74) is 0.0126. The van der Waals surface area contributed by atoms with Crippen molar-refractivity contribution >= 4 is 29.1 Å². The first kappa shape index (κ1) is 33.9. The van der Waals surface area contributed by atoms with Crippen LogP contribution in [0.5, 0.6) is 5.75 Å². The van der Waals surface area contributed by atoms with Gasteiger partial charge in [0.2, 0.25) is 5.91 Å². The van der Waals surface area contributed by atoms with Gasteiger partial charge in [-0.1, -0.05) is 54.1 Å². The molecule has 3 aromatic heterocycles. The molecule has 11 nitrogen and oxygen atoms in total. The van der Waals surface area contributed by atoms with Gasteiger partial charge in [0.25, 0.3) is 11.5 Å². The van der Waals surface area contributed by atoms with Gasteiger partial charge in [-0.15, -0.1) is 5.10 Å². The van der Waals surface area contributed by atoms with Crippen molar-refractivity contribution in [3.63, 3.8) is 0 Å². The van der Waals surface area contributed by atoms with Crippen LogP contribution in [0.1, 0.15) is 41.1 Å². The molecule has 5 rings (SSSR count). The Balaban J connectivity index is 1.53. The van der Waals surface area contributed by atoms with Crippen LogP contribution in [-0.4, -0.2) is 50.0 Å². The largest absolute Gasteiger partial charge is 0.495 e. The van der Waals surface area contributed by atoms with Crippen LogP contribution in [0.25, 0.3) is 16.8 Å². The van der Waals surface area contributed by atoms with E-state index in [4.69, 9.17) is 16.3 Å². The Kier molecular flexibility index (Phi) is 10.2. The number of benzene rings is 2. The Morgan fingerprint density at radius 3 is 2.44 bits per heavy atom. The van der Waals surface area contributed by atoms with Crippen LogP contribution < -0.4 is 20.9 Å². The number of ether oxygens (including phenoxy) is 1. The maximum absolute atomic E-state index is 13.8. The Labute approximate surface area is 277 Å². The second-order valence-corrected chi connectivity index (χ2v) is 11.0. The normalized spacial score (nSPS) is 12.0. The van der Waals surface area contributed by atoms with Crippen molar-refractivity contribution in [1.82, 2.24) is 29.9 Å². The molecule has 2 amide bonds. The molecule has 0 unspecified atom stereocenters. The third-order valence-corrected chi connectivity index (χ3v) is 7.49. The number of rotatable bonds is 11. The molecule has 248 valence electrons. The number of hydrogen-bond acceptors (Lipinski definition) is 7. The van der Waals surface area contributed by atoms with Crippen LogP contribution in [0.2, 0.25) is 5.02 Å². The van der Waals surface area contributed by atoms with Gasteiger partial charge in [0.1, 0.15) is 17.5 Å². The van der Waals surface area contributed by atoms with E-state index in [2.05, 4.69) is 25.9 Å². The van der Waals surface area contributed by atoms with Crippen molar-refractivity contribution in [3.05, 3.63) is 118 Å². The molecule has 2 N–H and O–H groups in total. The van der Waals surface area contributed by atoms with E-state index in [0.717, 1.165) is 22.9 Å². The van der Waals surface area contributed by atoms with E-state index < -0.39 is 29.4 Å². The van der Waals surface area contributed by atoms with E-state index in [9.17, 15) is 27.6 Å². The zero-order valence-electron chi connectivity index (χ0n) is 25.7. The number of halogens is 4. The van der Waals surface area contributed by atoms with Gasteiger partial charge in [0, 0.05) is 35.2 Å². The van der Waals surface area contributed by atoms with Crippen LogP contribution in [-0.2, 0) is 17.4 Å². The standard InChI is InChI=1S/C33H29ClF3N7O4/c1-3-13-38-31(46)25-11-10-22(17-39-25)40-32(47)27(14-20-7-5-4-6-8-20)43-18-28(48-2)24(16-30(43)45)23-15-21(34)9-12-26(23)44-19-29(41-42-44)33(35,36)37/h4-12,15-19,27H,3,13-14H2,1-2H3,(H,38,46)(H,40,47)/t27-/m0/s1. The van der Waals surface area contributed by atoms with Gasteiger partial charge in [-0.2, -0.15) is 13.2 Å². The van der Waals surface area contributed by atoms with Gasteiger partial charge >= 0.3 is 6.18 Å². The lowest BCUT2D eigenvalue weighted by atomic mass is 10.0. The van der Waals surface area contributed by atoms with Crippen molar-refractivity contribution in [2.75, 3.05) is 19.0 Å². The molecular weight excluding hydrogens is 651 g/mol. The van der Waals surface area contributed by atoms with E-state index in [1.54, 1.807) is 12.1 Å². The molecule has 0 spiro atoms. The summed E-state index contributed by atoms with van der Waals surface area (Å²) >= 11 is 6.28. The molecule has 0 aliphatic heterocycles. The monoisotopic (exact) mass is 679 g/mol. The first-order chi connectivity index (χ1) is 23.0. The smallest absolute Gasteiger partial charge is 0.436 e. The molecule has 3 heterocycles. The molecular formula is C33H29ClF3N7O4. The molecule has 0 saturated carbocycles. The van der Waals surface area contributed by atoms with E-state index in [0.29, 0.717) is 12.2 Å². The zero-order valence-corrected chi connectivity index (χ0v) is 26.4. The third kappa shape index (κ3) is 7.72. The Hall–Kier alpha value is -5.50. The minimum absolute atomic E-state index is 0.113. The first-order valence-electron chi connectivity index (χ1n) is 14.7. The van der Waals surface area contributed by atoms with Gasteiger partial charge in [0.05, 0.1) is 37.1 Å². The summed E-state index contributed by atoms with van der Waals surface area (Å²) < 4.78 is 47.7. The number of alkyl halides is 3. The molecule has 0 saturated heterocycles. The number of carbonyl (C=O) groups excluding carboxylic acids is 2. The molecule has 48 heavy (non-hydrogen) atoms. The summed E-state index contributed by atoms with van der Waals surface area (Å²) in [7, 11) is 1.35. The van der Waals surface area contributed by atoms with E-state index in [1.807, 2.05) is 25.1 Å². The zero-order chi connectivity index (χ0) is 34.4. The maximum Gasteiger partial charge on any atom is 0.436 e. The molecule has 2 aromatic carbocycles. The lowest BCUT2D eigenvalue weighted by Gasteiger charge is -2.22. The predicted molar refractivity (Wildman–Crippen MR) is 172 cm³/mol. The minimum Gasteiger partial charge on any atom is -0.495 e. The highest BCUT2D eigenvalue weighted by Gasteiger charge is 2.35. The summed E-state index contributed by atoms with van der Waals surface area (Å²) in [4.78, 5) is 44.0. The number of amides is 2. The lowest BCUT2D eigenvalue weighted by Crippen LogP contribution is -2.34. The second kappa shape index (κ2) is 14.5. The molecule has 15 heteroatoms. The minimum atomic E-state index is -4.72. The Morgan fingerprint density at radius 2 is 1.79 bits per heavy atom. The lowest BCUT2D eigenvalue weighted by molar-refractivity contribution is -0.141. The van der Waals surface area contributed by atoms with E-state index in [-0.39, 0.29) is 45.6 Å². The summed E-state index contributed by atoms with van der Waals surface area (Å²) in [5.74, 6) is -0.765. The highest BCUT2D eigenvalue weighted by molar-refractivity contribution is 6.31. The molecule has 0 bridgehead atoms. The molecule has 5 aromatic rings. The third-order valence-electron chi connectivity index (χ3n) is 7.25. The number of nitrogens with zero attached hydrogens (tertiary/aromatic N) is 5. The highest BCUT2D eigenvalue weighted by atomic mass is 35.5. The van der Waals surface area contributed by atoms with Gasteiger partial charge < -0.3 is 15.4 Å². The van der Waals surface area contributed by atoms with Crippen LogP contribution in [0.15, 0.2) is 90.1 Å². The van der Waals surface area contributed by atoms with Gasteiger partial charge in [-0.3, -0.25) is 19.0 Å². The van der Waals surface area contributed by atoms with E-state index >= 15 is 0 Å². The van der Waals surface area contributed by atoms with Gasteiger partial charge in [-0.05, 0) is 42.3 Å². The average molecular weight is 680 g/mol. The highest BCUT2D eigenvalue weighted by Crippen LogP contribution is 2.36. The SMILES string of the molecule is CCCNC(=O)c1ccc(NC(=O)[C@H](Cc2ccccc2)n2cc(OC)c(-c3cc(Cl)ccc3-n3cc(C(F)(F)F)nn3)cc2=O)cn1. The quantitative estimate of drug-likeness (QED) is 0.182. The van der Waals surface area contributed by atoms with Gasteiger partial charge in [0.15, 0.2) is 5.69 Å². The van der Waals surface area contributed by atoms with Gasteiger partial charge in [-0.25, -0.2) is 9.67 Å². The number of anilines is 1. The van der Waals surface area contributed by atoms with Crippen LogP contribution in [0.4, 0.5) is 18.9 Å². The Bertz CT molecular complexity index is 1980. The van der Waals surface area contributed by atoms with Crippen molar-refractivity contribution in [1.29, 1.82) is 0 Å². The van der Waals surface area contributed by atoms with Crippen LogP contribution in [0.3, 0.4) is 0 Å². The topological polar surface area (TPSA) is 133 Å². The van der Waals surface area contributed by atoms with Crippen molar-refractivity contribution in [3.8, 4) is 22.6 Å². The Morgan fingerprint density at radius 1 is 1.02 bits per heavy atom. The number of aromatic nitrogens is 5. The van der Waals surface area contributed by atoms with Crippen LogP contribution in [0, 0.1) is 0 Å².